The number of halogens is 1. The zero-order valence-corrected chi connectivity index (χ0v) is 16.4. The first-order valence-corrected chi connectivity index (χ1v) is 10.3. The molecule has 0 bridgehead atoms. The highest BCUT2D eigenvalue weighted by atomic mass is 19.1. The van der Waals surface area contributed by atoms with Crippen LogP contribution in [0.25, 0.3) is 0 Å². The Morgan fingerprint density at radius 2 is 1.79 bits per heavy atom. The monoisotopic (exact) mass is 395 g/mol. The van der Waals surface area contributed by atoms with Crippen LogP contribution in [0.1, 0.15) is 46.8 Å². The van der Waals surface area contributed by atoms with E-state index in [0.29, 0.717) is 18.7 Å². The predicted octanol–water partition coefficient (Wildman–Crippen LogP) is 3.12. The van der Waals surface area contributed by atoms with Crippen LogP contribution in [0.2, 0.25) is 0 Å². The zero-order valence-electron chi connectivity index (χ0n) is 16.4. The Bertz CT molecular complexity index is 878. The smallest absolute Gasteiger partial charge is 0.255 e. The molecule has 2 aliphatic heterocycles. The van der Waals surface area contributed by atoms with Crippen LogP contribution in [0.3, 0.4) is 0 Å². The normalized spacial score (nSPS) is 17.4. The molecule has 0 radical (unpaired) electrons. The number of amides is 2. The highest BCUT2D eigenvalue weighted by Crippen LogP contribution is 2.33. The van der Waals surface area contributed by atoms with Gasteiger partial charge in [-0.3, -0.25) is 9.59 Å². The van der Waals surface area contributed by atoms with Crippen molar-refractivity contribution in [1.82, 2.24) is 15.1 Å². The zero-order chi connectivity index (χ0) is 20.2. The van der Waals surface area contributed by atoms with Crippen LogP contribution in [0.15, 0.2) is 48.5 Å². The lowest BCUT2D eigenvalue weighted by Gasteiger charge is -2.28. The van der Waals surface area contributed by atoms with Gasteiger partial charge < -0.3 is 15.1 Å². The van der Waals surface area contributed by atoms with E-state index in [1.165, 1.54) is 25.0 Å². The van der Waals surface area contributed by atoms with Crippen molar-refractivity contribution in [3.8, 4) is 0 Å². The Morgan fingerprint density at radius 3 is 2.52 bits per heavy atom. The Balaban J connectivity index is 1.46. The summed E-state index contributed by atoms with van der Waals surface area (Å²) in [5.41, 5.74) is 2.40. The number of carbonyl (C=O) groups is 2. The van der Waals surface area contributed by atoms with E-state index in [4.69, 9.17) is 0 Å². The molecule has 152 valence electrons. The van der Waals surface area contributed by atoms with Gasteiger partial charge in [-0.25, -0.2) is 4.39 Å². The molecule has 4 rings (SSSR count). The summed E-state index contributed by atoms with van der Waals surface area (Å²) in [7, 11) is 0. The third-order valence-electron chi connectivity index (χ3n) is 5.81. The van der Waals surface area contributed by atoms with Crippen LogP contribution < -0.4 is 5.32 Å². The molecular formula is C23H26FN3O2. The standard InChI is InChI=1S/C23H26FN3O2/c24-19-9-7-17(8-10-19)21(15-22(28)25-11-14-26-12-3-4-13-26)27-16-18-5-1-2-6-20(18)23(27)29/h1-2,5-10,21H,3-4,11-16H2,(H,25,28)/t21-/m0/s1. The van der Waals surface area contributed by atoms with Crippen LogP contribution in [0, 0.1) is 5.82 Å². The maximum absolute atomic E-state index is 13.4. The number of hydrogen-bond acceptors (Lipinski definition) is 3. The van der Waals surface area contributed by atoms with E-state index in [0.717, 1.165) is 30.8 Å². The fourth-order valence-electron chi connectivity index (χ4n) is 4.23. The average Bonchev–Trinajstić information content (AvgIpc) is 3.35. The molecular weight excluding hydrogens is 369 g/mol. The minimum atomic E-state index is -0.428. The van der Waals surface area contributed by atoms with E-state index < -0.39 is 6.04 Å². The first-order valence-electron chi connectivity index (χ1n) is 10.3. The summed E-state index contributed by atoms with van der Waals surface area (Å²) in [6.07, 6.45) is 2.60. The van der Waals surface area contributed by atoms with Crippen LogP contribution in [0.5, 0.6) is 0 Å². The van der Waals surface area contributed by atoms with Crippen molar-refractivity contribution in [1.29, 1.82) is 0 Å². The van der Waals surface area contributed by atoms with Gasteiger partial charge in [0.05, 0.1) is 12.5 Å². The first-order chi connectivity index (χ1) is 14.1. The highest BCUT2D eigenvalue weighted by molar-refractivity contribution is 5.98. The van der Waals surface area contributed by atoms with E-state index in [2.05, 4.69) is 10.2 Å². The first kappa shape index (κ1) is 19.6. The van der Waals surface area contributed by atoms with E-state index in [1.54, 1.807) is 17.0 Å². The second kappa shape index (κ2) is 8.74. The van der Waals surface area contributed by atoms with Gasteiger partial charge in [0.15, 0.2) is 0 Å². The molecule has 0 unspecified atom stereocenters. The van der Waals surface area contributed by atoms with E-state index in [9.17, 15) is 14.0 Å². The molecule has 2 heterocycles. The van der Waals surface area contributed by atoms with E-state index in [1.807, 2.05) is 24.3 Å². The summed E-state index contributed by atoms with van der Waals surface area (Å²) in [5.74, 6) is -0.513. The molecule has 2 aliphatic rings. The minimum Gasteiger partial charge on any atom is -0.355 e. The van der Waals surface area contributed by atoms with Crippen LogP contribution >= 0.6 is 0 Å². The largest absolute Gasteiger partial charge is 0.355 e. The molecule has 0 spiro atoms. The molecule has 1 saturated heterocycles. The summed E-state index contributed by atoms with van der Waals surface area (Å²) >= 11 is 0. The van der Waals surface area contributed by atoms with Crippen molar-refractivity contribution in [2.45, 2.75) is 31.8 Å². The van der Waals surface area contributed by atoms with Crippen LogP contribution in [-0.4, -0.2) is 47.8 Å². The van der Waals surface area contributed by atoms with Gasteiger partial charge >= 0.3 is 0 Å². The quantitative estimate of drug-likeness (QED) is 0.784. The van der Waals surface area contributed by atoms with Crippen molar-refractivity contribution < 1.29 is 14.0 Å². The van der Waals surface area contributed by atoms with Gasteiger partial charge in [0, 0.05) is 25.2 Å². The number of rotatable bonds is 7. The second-order valence-corrected chi connectivity index (χ2v) is 7.76. The molecule has 0 aliphatic carbocycles. The molecule has 29 heavy (non-hydrogen) atoms. The molecule has 0 aromatic heterocycles. The molecule has 2 aromatic carbocycles. The Kier molecular flexibility index (Phi) is 5.90. The molecule has 1 atom stereocenters. The molecule has 6 heteroatoms. The number of likely N-dealkylation sites (tertiary alicyclic amines) is 1. The van der Waals surface area contributed by atoms with Gasteiger partial charge in [-0.2, -0.15) is 0 Å². The van der Waals surface area contributed by atoms with Gasteiger partial charge in [-0.05, 0) is 55.3 Å². The molecule has 5 nitrogen and oxygen atoms in total. The molecule has 1 N–H and O–H groups in total. The SMILES string of the molecule is O=C(C[C@@H](c1ccc(F)cc1)N1Cc2ccccc2C1=O)NCCN1CCCC1. The van der Waals surface area contributed by atoms with Crippen molar-refractivity contribution >= 4 is 11.8 Å². The third-order valence-corrected chi connectivity index (χ3v) is 5.81. The van der Waals surface area contributed by atoms with Gasteiger partial charge in [0.2, 0.25) is 5.91 Å². The molecule has 2 amide bonds. The third kappa shape index (κ3) is 4.48. The van der Waals surface area contributed by atoms with E-state index in [-0.39, 0.29) is 24.1 Å². The Hall–Kier alpha value is -2.73. The number of nitrogens with zero attached hydrogens (tertiary/aromatic N) is 2. The van der Waals surface area contributed by atoms with Crippen LogP contribution in [-0.2, 0) is 11.3 Å². The highest BCUT2D eigenvalue weighted by Gasteiger charge is 2.34. The second-order valence-electron chi connectivity index (χ2n) is 7.76. The Morgan fingerprint density at radius 1 is 1.07 bits per heavy atom. The lowest BCUT2D eigenvalue weighted by molar-refractivity contribution is -0.122. The molecule has 0 saturated carbocycles. The number of fused-ring (bicyclic) bond motifs is 1. The lowest BCUT2D eigenvalue weighted by atomic mass is 10.0. The maximum Gasteiger partial charge on any atom is 0.255 e. The summed E-state index contributed by atoms with van der Waals surface area (Å²) in [4.78, 5) is 29.7. The van der Waals surface area contributed by atoms with Gasteiger partial charge in [-0.15, -0.1) is 0 Å². The number of hydrogen-bond donors (Lipinski definition) is 1. The fraction of sp³-hybridized carbons (Fsp3) is 0.391. The number of carbonyl (C=O) groups excluding carboxylic acids is 2. The van der Waals surface area contributed by atoms with E-state index >= 15 is 0 Å². The van der Waals surface area contributed by atoms with Gasteiger partial charge in [0.25, 0.3) is 5.91 Å². The van der Waals surface area contributed by atoms with Crippen molar-refractivity contribution in [3.63, 3.8) is 0 Å². The van der Waals surface area contributed by atoms with Crippen LogP contribution in [0.4, 0.5) is 4.39 Å². The van der Waals surface area contributed by atoms with Crippen molar-refractivity contribution in [2.75, 3.05) is 26.2 Å². The summed E-state index contributed by atoms with van der Waals surface area (Å²) in [6, 6.07) is 13.2. The van der Waals surface area contributed by atoms with Crippen molar-refractivity contribution in [2.24, 2.45) is 0 Å². The average molecular weight is 395 g/mol. The predicted molar refractivity (Wildman–Crippen MR) is 109 cm³/mol. The van der Waals surface area contributed by atoms with Gasteiger partial charge in [-0.1, -0.05) is 30.3 Å². The van der Waals surface area contributed by atoms with Crippen molar-refractivity contribution in [3.05, 3.63) is 71.0 Å². The summed E-state index contributed by atoms with van der Waals surface area (Å²) < 4.78 is 13.4. The maximum atomic E-state index is 13.4. The number of nitrogens with one attached hydrogen (secondary N) is 1. The number of benzene rings is 2. The fourth-order valence-corrected chi connectivity index (χ4v) is 4.23. The van der Waals surface area contributed by atoms with Gasteiger partial charge in [0.1, 0.15) is 5.82 Å². The topological polar surface area (TPSA) is 52.7 Å². The molecule has 1 fully saturated rings. The lowest BCUT2D eigenvalue weighted by Crippen LogP contribution is -2.37. The molecule has 2 aromatic rings. The summed E-state index contributed by atoms with van der Waals surface area (Å²) in [6.45, 7) is 4.09. The Labute approximate surface area is 170 Å². The summed E-state index contributed by atoms with van der Waals surface area (Å²) in [5, 5.41) is 2.99. The minimum absolute atomic E-state index is 0.0835.